The van der Waals surface area contributed by atoms with E-state index in [-0.39, 0.29) is 11.2 Å². The van der Waals surface area contributed by atoms with E-state index in [1.165, 1.54) is 0 Å². The SMILES string of the molecule is Cc1c(C2C(C#N)=C(N)N(c3ccccc3Cl)C3=C2C(=O)CC(C)(C)C3)cnn1C. The number of carbonyl (C=O) groups excluding carboxylic acids is 1. The number of allylic oxidation sites excluding steroid dienone is 3. The molecule has 1 aliphatic carbocycles. The van der Waals surface area contributed by atoms with E-state index in [1.54, 1.807) is 21.8 Å². The van der Waals surface area contributed by atoms with Gasteiger partial charge >= 0.3 is 0 Å². The second kappa shape index (κ2) is 7.03. The number of hydrogen-bond donors (Lipinski definition) is 1. The van der Waals surface area contributed by atoms with Gasteiger partial charge in [-0.2, -0.15) is 10.4 Å². The smallest absolute Gasteiger partial charge is 0.162 e. The second-order valence-corrected chi connectivity index (χ2v) is 9.15. The third-order valence-electron chi connectivity index (χ3n) is 6.06. The van der Waals surface area contributed by atoms with Gasteiger partial charge in [-0.1, -0.05) is 37.6 Å². The number of aromatic nitrogens is 2. The Hall–Kier alpha value is -3.04. The first-order chi connectivity index (χ1) is 14.2. The standard InChI is InChI=1S/C23H24ClN5O/c1-13-15(12-27-28(13)4)20-14(11-25)22(26)29(17-8-6-5-7-16(17)24)18-9-23(2,3)10-19(30)21(18)20/h5-8,12,20H,9-10,26H2,1-4H3. The van der Waals surface area contributed by atoms with E-state index in [9.17, 15) is 10.1 Å². The number of anilines is 1. The van der Waals surface area contributed by atoms with Crippen molar-refractivity contribution in [2.45, 2.75) is 39.5 Å². The molecule has 2 aliphatic rings. The third-order valence-corrected chi connectivity index (χ3v) is 6.38. The molecule has 2 N–H and O–H groups in total. The van der Waals surface area contributed by atoms with Gasteiger partial charge in [0, 0.05) is 36.0 Å². The van der Waals surface area contributed by atoms with E-state index >= 15 is 0 Å². The van der Waals surface area contributed by atoms with Crippen LogP contribution in [0.2, 0.25) is 5.02 Å². The summed E-state index contributed by atoms with van der Waals surface area (Å²) < 4.78 is 1.75. The van der Waals surface area contributed by atoms with E-state index in [0.29, 0.717) is 40.5 Å². The van der Waals surface area contributed by atoms with Crippen molar-refractivity contribution in [2.75, 3.05) is 4.90 Å². The van der Waals surface area contributed by atoms with Crippen molar-refractivity contribution in [3.8, 4) is 6.07 Å². The Kier molecular flexibility index (Phi) is 4.74. The number of benzene rings is 1. The van der Waals surface area contributed by atoms with E-state index < -0.39 is 5.92 Å². The maximum atomic E-state index is 13.5. The van der Waals surface area contributed by atoms with Crippen LogP contribution >= 0.6 is 11.6 Å². The highest BCUT2D eigenvalue weighted by atomic mass is 35.5. The minimum atomic E-state index is -0.527. The molecule has 0 saturated carbocycles. The normalized spacial score (nSPS) is 21.0. The lowest BCUT2D eigenvalue weighted by molar-refractivity contribution is -0.118. The van der Waals surface area contributed by atoms with Crippen LogP contribution in [0.3, 0.4) is 0 Å². The van der Waals surface area contributed by atoms with Crippen molar-refractivity contribution in [1.82, 2.24) is 9.78 Å². The Morgan fingerprint density at radius 2 is 2.00 bits per heavy atom. The number of hydrogen-bond acceptors (Lipinski definition) is 5. The van der Waals surface area contributed by atoms with E-state index in [1.807, 2.05) is 32.2 Å². The minimum Gasteiger partial charge on any atom is -0.384 e. The first-order valence-electron chi connectivity index (χ1n) is 9.85. The van der Waals surface area contributed by atoms with Crippen molar-refractivity contribution in [3.63, 3.8) is 0 Å². The largest absolute Gasteiger partial charge is 0.384 e. The van der Waals surface area contributed by atoms with Gasteiger partial charge in [0.25, 0.3) is 0 Å². The fourth-order valence-electron chi connectivity index (χ4n) is 4.53. The van der Waals surface area contributed by atoms with Gasteiger partial charge < -0.3 is 5.73 Å². The number of nitrogens with zero attached hydrogens (tertiary/aromatic N) is 4. The zero-order valence-corrected chi connectivity index (χ0v) is 18.3. The molecule has 2 aromatic rings. The van der Waals surface area contributed by atoms with Gasteiger partial charge in [-0.15, -0.1) is 0 Å². The molecular weight excluding hydrogens is 398 g/mol. The summed E-state index contributed by atoms with van der Waals surface area (Å²) in [6.45, 7) is 6.08. The zero-order chi connectivity index (χ0) is 21.8. The Morgan fingerprint density at radius 1 is 1.30 bits per heavy atom. The van der Waals surface area contributed by atoms with E-state index in [0.717, 1.165) is 17.0 Å². The lowest BCUT2D eigenvalue weighted by Crippen LogP contribution is -2.42. The average molecular weight is 422 g/mol. The van der Waals surface area contributed by atoms with Gasteiger partial charge in [-0.3, -0.25) is 14.4 Å². The number of nitrogens with two attached hydrogens (primary N) is 1. The minimum absolute atomic E-state index is 0.0341. The molecule has 0 saturated heterocycles. The molecule has 1 aromatic heterocycles. The van der Waals surface area contributed by atoms with Gasteiger partial charge in [0.05, 0.1) is 34.5 Å². The first-order valence-corrected chi connectivity index (χ1v) is 10.2. The van der Waals surface area contributed by atoms with Crippen LogP contribution in [-0.2, 0) is 11.8 Å². The summed E-state index contributed by atoms with van der Waals surface area (Å²) in [7, 11) is 1.85. The fourth-order valence-corrected chi connectivity index (χ4v) is 4.75. The van der Waals surface area contributed by atoms with Crippen LogP contribution in [0.4, 0.5) is 5.69 Å². The molecule has 2 heterocycles. The molecule has 6 nitrogen and oxygen atoms in total. The highest BCUT2D eigenvalue weighted by Crippen LogP contribution is 2.51. The summed E-state index contributed by atoms with van der Waals surface area (Å²) >= 11 is 6.51. The van der Waals surface area contributed by atoms with Crippen LogP contribution in [0.1, 0.15) is 43.9 Å². The number of rotatable bonds is 2. The van der Waals surface area contributed by atoms with Crippen LogP contribution in [0, 0.1) is 23.7 Å². The lowest BCUT2D eigenvalue weighted by atomic mass is 9.68. The van der Waals surface area contributed by atoms with Gasteiger partial charge in [0.2, 0.25) is 0 Å². The molecule has 154 valence electrons. The van der Waals surface area contributed by atoms with Crippen LogP contribution in [-0.4, -0.2) is 15.6 Å². The van der Waals surface area contributed by atoms with Crippen LogP contribution in [0.5, 0.6) is 0 Å². The maximum Gasteiger partial charge on any atom is 0.162 e. The van der Waals surface area contributed by atoms with Crippen LogP contribution in [0.15, 0.2) is 53.1 Å². The Labute approximate surface area is 181 Å². The zero-order valence-electron chi connectivity index (χ0n) is 17.5. The van der Waals surface area contributed by atoms with Gasteiger partial charge in [-0.25, -0.2) is 0 Å². The number of aryl methyl sites for hydroxylation is 1. The van der Waals surface area contributed by atoms with Crippen LogP contribution in [0.25, 0.3) is 0 Å². The van der Waals surface area contributed by atoms with Crippen molar-refractivity contribution < 1.29 is 4.79 Å². The molecule has 1 aromatic carbocycles. The molecule has 30 heavy (non-hydrogen) atoms. The predicted octanol–water partition coefficient (Wildman–Crippen LogP) is 4.32. The molecule has 1 aliphatic heterocycles. The molecule has 4 rings (SSSR count). The summed E-state index contributed by atoms with van der Waals surface area (Å²) in [5, 5.41) is 14.9. The lowest BCUT2D eigenvalue weighted by Gasteiger charge is -2.43. The molecule has 0 amide bonds. The molecule has 7 heteroatoms. The number of ketones is 1. The number of Topliss-reactive ketones (excluding diaryl/α,β-unsaturated/α-hetero) is 1. The van der Waals surface area contributed by atoms with Crippen molar-refractivity contribution in [1.29, 1.82) is 5.26 Å². The number of carbonyl (C=O) groups is 1. The summed E-state index contributed by atoms with van der Waals surface area (Å²) in [6.07, 6.45) is 2.79. The van der Waals surface area contributed by atoms with Crippen molar-refractivity contribution in [3.05, 3.63) is 69.4 Å². The summed E-state index contributed by atoms with van der Waals surface area (Å²) in [6, 6.07) is 9.63. The topological polar surface area (TPSA) is 87.9 Å². The third kappa shape index (κ3) is 3.01. The quantitative estimate of drug-likeness (QED) is 0.779. The molecule has 0 fully saturated rings. The highest BCUT2D eigenvalue weighted by Gasteiger charge is 2.45. The van der Waals surface area contributed by atoms with Gasteiger partial charge in [0.15, 0.2) is 5.78 Å². The van der Waals surface area contributed by atoms with Gasteiger partial charge in [-0.05, 0) is 30.9 Å². The van der Waals surface area contributed by atoms with Gasteiger partial charge in [0.1, 0.15) is 5.82 Å². The van der Waals surface area contributed by atoms with E-state index in [2.05, 4.69) is 25.0 Å². The van der Waals surface area contributed by atoms with Crippen LogP contribution < -0.4 is 10.6 Å². The second-order valence-electron chi connectivity index (χ2n) is 8.74. The highest BCUT2D eigenvalue weighted by molar-refractivity contribution is 6.33. The molecule has 0 spiro atoms. The maximum absolute atomic E-state index is 13.5. The van der Waals surface area contributed by atoms with E-state index in [4.69, 9.17) is 17.3 Å². The van der Waals surface area contributed by atoms with Crippen molar-refractivity contribution >= 4 is 23.1 Å². The fraction of sp³-hybridized carbons (Fsp3) is 0.348. The monoisotopic (exact) mass is 421 g/mol. The molecule has 1 atom stereocenters. The number of halogens is 1. The Morgan fingerprint density at radius 3 is 2.60 bits per heavy atom. The first kappa shape index (κ1) is 20.2. The summed E-state index contributed by atoms with van der Waals surface area (Å²) in [5.41, 5.74) is 10.6. The molecule has 1 unspecified atom stereocenters. The van der Waals surface area contributed by atoms with Crippen molar-refractivity contribution in [2.24, 2.45) is 18.2 Å². The molecule has 0 radical (unpaired) electrons. The molecule has 0 bridgehead atoms. The Bertz CT molecular complexity index is 1160. The predicted molar refractivity (Wildman–Crippen MR) is 116 cm³/mol. The number of para-hydroxylation sites is 1. The summed E-state index contributed by atoms with van der Waals surface area (Å²) in [5.74, 6) is -0.184. The summed E-state index contributed by atoms with van der Waals surface area (Å²) in [4.78, 5) is 15.3. The molecular formula is C23H24ClN5O. The Balaban J connectivity index is 2.04. The average Bonchev–Trinajstić information content (AvgIpc) is 2.99. The number of nitriles is 1.